The van der Waals surface area contributed by atoms with Gasteiger partial charge in [0.05, 0.1) is 0 Å². The molecule has 0 aliphatic heterocycles. The van der Waals surface area contributed by atoms with E-state index >= 15 is 0 Å². The van der Waals surface area contributed by atoms with Crippen LogP contribution in [0.25, 0.3) is 0 Å². The summed E-state index contributed by atoms with van der Waals surface area (Å²) < 4.78 is 30.4. The summed E-state index contributed by atoms with van der Waals surface area (Å²) in [5, 5.41) is 0. The largest absolute Gasteiger partial charge is 0.547 e. The Kier molecular flexibility index (Phi) is 2.81. The fourth-order valence-corrected chi connectivity index (χ4v) is 1.55. The van der Waals surface area contributed by atoms with Crippen molar-refractivity contribution in [1.82, 2.24) is 0 Å². The summed E-state index contributed by atoms with van der Waals surface area (Å²) in [4.78, 5) is 0. The van der Waals surface area contributed by atoms with E-state index in [0.29, 0.717) is 0 Å². The van der Waals surface area contributed by atoms with E-state index in [0.717, 1.165) is 6.07 Å². The van der Waals surface area contributed by atoms with E-state index in [2.05, 4.69) is 0 Å². The fourth-order valence-electron chi connectivity index (χ4n) is 0.869. The summed E-state index contributed by atoms with van der Waals surface area (Å²) in [5.74, 6) is -0.909. The van der Waals surface area contributed by atoms with Crippen molar-refractivity contribution in [3.8, 4) is 5.75 Å². The summed E-state index contributed by atoms with van der Waals surface area (Å²) in [6.45, 7) is 3.87. The van der Waals surface area contributed by atoms with Crippen LogP contribution < -0.4 is 4.43 Å². The van der Waals surface area contributed by atoms with Crippen LogP contribution in [0.1, 0.15) is 0 Å². The molecule has 0 amide bonds. The molecule has 4 heteroatoms. The highest BCUT2D eigenvalue weighted by molar-refractivity contribution is 6.49. The maximum atomic E-state index is 12.6. The van der Waals surface area contributed by atoms with Gasteiger partial charge in [-0.15, -0.1) is 0 Å². The van der Waals surface area contributed by atoms with Crippen LogP contribution >= 0.6 is 0 Å². The van der Waals surface area contributed by atoms with Gasteiger partial charge >= 0.3 is 0 Å². The molecule has 0 fully saturated rings. The molecule has 1 rings (SSSR count). The van der Waals surface area contributed by atoms with Crippen LogP contribution in [0.15, 0.2) is 18.2 Å². The second-order valence-electron chi connectivity index (χ2n) is 2.77. The minimum absolute atomic E-state index is 0.286. The van der Waals surface area contributed by atoms with E-state index in [-0.39, 0.29) is 5.75 Å². The standard InChI is InChI=1S/C8H10F2OSi/c1-12(2)11-8-4-6(9)3-7(10)5-8/h3-5,12H,1-2H3. The van der Waals surface area contributed by atoms with Gasteiger partial charge in [-0.05, 0) is 13.1 Å². The molecule has 0 saturated heterocycles. The van der Waals surface area contributed by atoms with E-state index in [4.69, 9.17) is 4.43 Å². The molecule has 0 spiro atoms. The van der Waals surface area contributed by atoms with E-state index in [1.807, 2.05) is 13.1 Å². The Balaban J connectivity index is 2.85. The van der Waals surface area contributed by atoms with Gasteiger partial charge in [0.15, 0.2) is 0 Å². The SMILES string of the molecule is C[SiH](C)Oc1cc(F)cc(F)c1. The molecule has 0 N–H and O–H groups in total. The Labute approximate surface area is 71.7 Å². The summed E-state index contributed by atoms with van der Waals surface area (Å²) in [5.41, 5.74) is 0. The van der Waals surface area contributed by atoms with Gasteiger partial charge in [0.2, 0.25) is 9.04 Å². The average Bonchev–Trinajstić information content (AvgIpc) is 1.81. The lowest BCUT2D eigenvalue weighted by atomic mass is 10.3. The molecule has 66 valence electrons. The Morgan fingerprint density at radius 3 is 2.00 bits per heavy atom. The minimum Gasteiger partial charge on any atom is -0.547 e. The Morgan fingerprint density at radius 1 is 1.08 bits per heavy atom. The molecule has 0 bridgehead atoms. The van der Waals surface area contributed by atoms with E-state index in [1.165, 1.54) is 12.1 Å². The smallest absolute Gasteiger partial charge is 0.229 e. The van der Waals surface area contributed by atoms with Gasteiger partial charge in [-0.1, -0.05) is 0 Å². The average molecular weight is 188 g/mol. The molecule has 0 aliphatic rings. The molecular weight excluding hydrogens is 178 g/mol. The first kappa shape index (κ1) is 9.19. The number of hydrogen-bond acceptors (Lipinski definition) is 1. The number of benzene rings is 1. The first-order chi connectivity index (χ1) is 5.58. The summed E-state index contributed by atoms with van der Waals surface area (Å²) in [6, 6.07) is 3.21. The topological polar surface area (TPSA) is 9.23 Å². The Bertz CT molecular complexity index is 256. The summed E-state index contributed by atoms with van der Waals surface area (Å²) >= 11 is 0. The summed E-state index contributed by atoms with van der Waals surface area (Å²) in [7, 11) is -1.27. The van der Waals surface area contributed by atoms with Crippen LogP contribution in [0, 0.1) is 11.6 Å². The molecule has 0 heterocycles. The number of halogens is 2. The second-order valence-corrected chi connectivity index (χ2v) is 5.10. The Morgan fingerprint density at radius 2 is 1.58 bits per heavy atom. The molecule has 0 unspecified atom stereocenters. The van der Waals surface area contributed by atoms with Gasteiger partial charge in [0.1, 0.15) is 17.4 Å². The monoisotopic (exact) mass is 188 g/mol. The highest BCUT2D eigenvalue weighted by Gasteiger charge is 2.03. The molecule has 1 aromatic rings. The molecule has 1 nitrogen and oxygen atoms in total. The number of hydrogen-bond donors (Lipinski definition) is 0. The zero-order valence-electron chi connectivity index (χ0n) is 6.97. The molecule has 1 aromatic carbocycles. The molecular formula is C8H10F2OSi. The van der Waals surface area contributed by atoms with Crippen molar-refractivity contribution < 1.29 is 13.2 Å². The van der Waals surface area contributed by atoms with Crippen molar-refractivity contribution in [2.75, 3.05) is 0 Å². The molecule has 0 radical (unpaired) electrons. The lowest BCUT2D eigenvalue weighted by Crippen LogP contribution is -2.11. The third kappa shape index (κ3) is 2.62. The highest BCUT2D eigenvalue weighted by atomic mass is 28.3. The van der Waals surface area contributed by atoms with Gasteiger partial charge in [0.25, 0.3) is 0 Å². The third-order valence-electron chi connectivity index (χ3n) is 1.21. The van der Waals surface area contributed by atoms with E-state index in [1.54, 1.807) is 0 Å². The van der Waals surface area contributed by atoms with Gasteiger partial charge in [-0.2, -0.15) is 0 Å². The normalized spacial score (nSPS) is 10.4. The molecule has 12 heavy (non-hydrogen) atoms. The highest BCUT2D eigenvalue weighted by Crippen LogP contribution is 2.15. The third-order valence-corrected chi connectivity index (χ3v) is 1.95. The lowest BCUT2D eigenvalue weighted by Gasteiger charge is -2.08. The minimum atomic E-state index is -1.27. The van der Waals surface area contributed by atoms with Crippen molar-refractivity contribution in [3.05, 3.63) is 29.8 Å². The van der Waals surface area contributed by atoms with Crippen molar-refractivity contribution in [3.63, 3.8) is 0 Å². The molecule has 0 atom stereocenters. The predicted octanol–water partition coefficient (Wildman–Crippen LogP) is 2.33. The van der Waals surface area contributed by atoms with Crippen LogP contribution in [0.3, 0.4) is 0 Å². The van der Waals surface area contributed by atoms with Crippen LogP contribution in [0.5, 0.6) is 5.75 Å². The van der Waals surface area contributed by atoms with Crippen molar-refractivity contribution >= 4 is 9.04 Å². The molecule has 0 aliphatic carbocycles. The van der Waals surface area contributed by atoms with Gasteiger partial charge in [-0.3, -0.25) is 0 Å². The van der Waals surface area contributed by atoms with Crippen molar-refractivity contribution in [1.29, 1.82) is 0 Å². The molecule has 0 aromatic heterocycles. The predicted molar refractivity (Wildman–Crippen MR) is 45.9 cm³/mol. The first-order valence-electron chi connectivity index (χ1n) is 3.70. The van der Waals surface area contributed by atoms with Crippen LogP contribution in [0.2, 0.25) is 13.1 Å². The molecule has 0 saturated carbocycles. The number of rotatable bonds is 2. The zero-order chi connectivity index (χ0) is 9.14. The maximum Gasteiger partial charge on any atom is 0.229 e. The quantitative estimate of drug-likeness (QED) is 0.647. The van der Waals surface area contributed by atoms with Gasteiger partial charge < -0.3 is 4.43 Å². The van der Waals surface area contributed by atoms with E-state index in [9.17, 15) is 8.78 Å². The van der Waals surface area contributed by atoms with Crippen LogP contribution in [0.4, 0.5) is 8.78 Å². The zero-order valence-corrected chi connectivity index (χ0v) is 8.13. The lowest BCUT2D eigenvalue weighted by molar-refractivity contribution is 0.537. The first-order valence-corrected chi connectivity index (χ1v) is 6.49. The summed E-state index contributed by atoms with van der Waals surface area (Å²) in [6.07, 6.45) is 0. The van der Waals surface area contributed by atoms with Crippen LogP contribution in [-0.2, 0) is 0 Å². The van der Waals surface area contributed by atoms with E-state index < -0.39 is 20.7 Å². The Hall–Kier alpha value is -0.903. The van der Waals surface area contributed by atoms with Crippen molar-refractivity contribution in [2.45, 2.75) is 13.1 Å². The fraction of sp³-hybridized carbons (Fsp3) is 0.250. The second kappa shape index (κ2) is 3.67. The van der Waals surface area contributed by atoms with Crippen LogP contribution in [-0.4, -0.2) is 9.04 Å². The maximum absolute atomic E-state index is 12.6. The van der Waals surface area contributed by atoms with Gasteiger partial charge in [-0.25, -0.2) is 8.78 Å². The van der Waals surface area contributed by atoms with Crippen molar-refractivity contribution in [2.24, 2.45) is 0 Å². The van der Waals surface area contributed by atoms with Gasteiger partial charge in [0, 0.05) is 18.2 Å².